The summed E-state index contributed by atoms with van der Waals surface area (Å²) >= 11 is 1.20. The number of nitrogens with zero attached hydrogens (tertiary/aromatic N) is 1. The van der Waals surface area contributed by atoms with Gasteiger partial charge in [-0.25, -0.2) is 4.98 Å². The molecule has 2 unspecified atom stereocenters. The van der Waals surface area contributed by atoms with Crippen LogP contribution in [0.5, 0.6) is 5.75 Å². The number of nitrogens with one attached hydrogen (secondary N) is 1. The van der Waals surface area contributed by atoms with Crippen molar-refractivity contribution in [2.45, 2.75) is 24.1 Å². The molecule has 4 N–H and O–H groups in total. The predicted octanol–water partition coefficient (Wildman–Crippen LogP) is 4.44. The van der Waals surface area contributed by atoms with Gasteiger partial charge in [-0.15, -0.1) is 0 Å². The molecule has 148 valence electrons. The number of para-hydroxylation sites is 1. The number of carboxylic acids is 1. The minimum atomic E-state index is -0.857. The molecule has 0 bridgehead atoms. The van der Waals surface area contributed by atoms with Crippen molar-refractivity contribution in [2.24, 2.45) is 0 Å². The Morgan fingerprint density at radius 1 is 1.21 bits per heavy atom. The lowest BCUT2D eigenvalue weighted by molar-refractivity contribution is -0.133. The van der Waals surface area contributed by atoms with Gasteiger partial charge in [0.25, 0.3) is 0 Å². The van der Waals surface area contributed by atoms with Crippen molar-refractivity contribution < 1.29 is 14.6 Å². The number of carbonyl (C=O) groups is 1. The van der Waals surface area contributed by atoms with Gasteiger partial charge in [0, 0.05) is 23.0 Å². The van der Waals surface area contributed by atoms with Gasteiger partial charge in [-0.1, -0.05) is 42.1 Å². The summed E-state index contributed by atoms with van der Waals surface area (Å²) in [6, 6.07) is 17.6. The van der Waals surface area contributed by atoms with Gasteiger partial charge in [0.1, 0.15) is 11.9 Å². The van der Waals surface area contributed by atoms with Gasteiger partial charge in [0.05, 0.1) is 22.5 Å². The largest absolute Gasteiger partial charge is 0.486 e. The minimum absolute atomic E-state index is 0.00428. The fourth-order valence-corrected chi connectivity index (χ4v) is 3.93. The van der Waals surface area contributed by atoms with Crippen molar-refractivity contribution in [3.05, 3.63) is 66.4 Å². The van der Waals surface area contributed by atoms with Gasteiger partial charge in [0.2, 0.25) is 0 Å². The van der Waals surface area contributed by atoms with Gasteiger partial charge in [-0.2, -0.15) is 0 Å². The Hall–Kier alpha value is -3.19. The number of aromatic nitrogens is 1. The molecular weight excluding hydrogens is 386 g/mol. The summed E-state index contributed by atoms with van der Waals surface area (Å²) < 4.78 is 6.20. The standard InChI is InChI=1S/C22H21N3O3S/c1-13-22(16-4-2-3-5-17(16)23)25-18-8-6-14(10-19(18)28-13)15-7-9-20(24-11-15)29-12-21(26)27/h2-11,13,22,25H,12,23H2,1H3,(H,26,27). The van der Waals surface area contributed by atoms with E-state index in [0.717, 1.165) is 33.8 Å². The molecule has 0 saturated heterocycles. The molecular formula is C22H21N3O3S. The number of carboxylic acid groups (broad SMARTS) is 1. The van der Waals surface area contributed by atoms with Crippen LogP contribution in [0.4, 0.5) is 11.4 Å². The number of hydrogen-bond acceptors (Lipinski definition) is 6. The maximum absolute atomic E-state index is 10.7. The third-order valence-corrected chi connectivity index (χ3v) is 5.75. The van der Waals surface area contributed by atoms with Crippen LogP contribution in [0, 0.1) is 0 Å². The first-order valence-corrected chi connectivity index (χ1v) is 10.2. The topological polar surface area (TPSA) is 97.5 Å². The van der Waals surface area contributed by atoms with E-state index in [2.05, 4.69) is 10.3 Å². The molecule has 1 aliphatic heterocycles. The number of anilines is 2. The first-order chi connectivity index (χ1) is 14.0. The van der Waals surface area contributed by atoms with E-state index in [0.29, 0.717) is 5.03 Å². The molecule has 6 nitrogen and oxygen atoms in total. The molecule has 1 aromatic heterocycles. The minimum Gasteiger partial charge on any atom is -0.486 e. The van der Waals surface area contributed by atoms with E-state index in [1.165, 1.54) is 11.8 Å². The summed E-state index contributed by atoms with van der Waals surface area (Å²) in [5, 5.41) is 13.0. The molecule has 0 radical (unpaired) electrons. The Bertz CT molecular complexity index is 1040. The van der Waals surface area contributed by atoms with Crippen LogP contribution in [-0.2, 0) is 4.79 Å². The summed E-state index contributed by atoms with van der Waals surface area (Å²) in [5.41, 5.74) is 10.8. The summed E-state index contributed by atoms with van der Waals surface area (Å²) in [6.07, 6.45) is 1.66. The Balaban J connectivity index is 1.55. The highest BCUT2D eigenvalue weighted by Gasteiger charge is 2.28. The molecule has 3 aromatic rings. The summed E-state index contributed by atoms with van der Waals surface area (Å²) in [7, 11) is 0. The predicted molar refractivity (Wildman–Crippen MR) is 115 cm³/mol. The van der Waals surface area contributed by atoms with Crippen LogP contribution in [0.1, 0.15) is 18.5 Å². The van der Waals surface area contributed by atoms with Gasteiger partial charge in [0.15, 0.2) is 0 Å². The van der Waals surface area contributed by atoms with Crippen LogP contribution in [0.25, 0.3) is 11.1 Å². The SMILES string of the molecule is CC1Oc2cc(-c3ccc(SCC(=O)O)nc3)ccc2NC1c1ccccc1N. The van der Waals surface area contributed by atoms with E-state index < -0.39 is 5.97 Å². The number of pyridine rings is 1. The van der Waals surface area contributed by atoms with E-state index in [4.69, 9.17) is 15.6 Å². The number of nitrogens with two attached hydrogens (primary N) is 1. The number of ether oxygens (including phenoxy) is 1. The second kappa shape index (κ2) is 8.05. The average Bonchev–Trinajstić information content (AvgIpc) is 2.72. The normalized spacial score (nSPS) is 17.7. The van der Waals surface area contributed by atoms with Gasteiger partial charge in [-0.05, 0) is 36.8 Å². The van der Waals surface area contributed by atoms with Crippen molar-refractivity contribution in [1.82, 2.24) is 4.98 Å². The molecule has 1 aliphatic rings. The third-order valence-electron chi connectivity index (χ3n) is 4.82. The highest BCUT2D eigenvalue weighted by atomic mass is 32.2. The molecule has 2 heterocycles. The van der Waals surface area contributed by atoms with E-state index in [1.54, 1.807) is 6.20 Å². The Labute approximate surface area is 173 Å². The molecule has 4 rings (SSSR count). The van der Waals surface area contributed by atoms with Crippen molar-refractivity contribution in [3.8, 4) is 16.9 Å². The fourth-order valence-electron chi connectivity index (χ4n) is 3.37. The van der Waals surface area contributed by atoms with E-state index in [9.17, 15) is 4.79 Å². The Morgan fingerprint density at radius 2 is 2.00 bits per heavy atom. The molecule has 0 fully saturated rings. The number of aliphatic carboxylic acids is 1. The number of thioether (sulfide) groups is 1. The van der Waals surface area contributed by atoms with E-state index in [1.807, 2.05) is 61.5 Å². The molecule has 0 spiro atoms. The van der Waals surface area contributed by atoms with Crippen LogP contribution in [0.15, 0.2) is 65.8 Å². The van der Waals surface area contributed by atoms with Crippen LogP contribution in [0.3, 0.4) is 0 Å². The van der Waals surface area contributed by atoms with Crippen molar-refractivity contribution in [1.29, 1.82) is 0 Å². The lowest BCUT2D eigenvalue weighted by atomic mass is 9.97. The zero-order valence-electron chi connectivity index (χ0n) is 15.8. The molecule has 2 aromatic carbocycles. The van der Waals surface area contributed by atoms with Crippen molar-refractivity contribution >= 4 is 29.1 Å². The zero-order valence-corrected chi connectivity index (χ0v) is 16.6. The first kappa shape index (κ1) is 19.1. The molecule has 7 heteroatoms. The van der Waals surface area contributed by atoms with E-state index in [-0.39, 0.29) is 17.9 Å². The van der Waals surface area contributed by atoms with Crippen LogP contribution in [-0.4, -0.2) is 27.9 Å². The summed E-state index contributed by atoms with van der Waals surface area (Å²) in [5.74, 6) is -0.0784. The van der Waals surface area contributed by atoms with Crippen LogP contribution in [0.2, 0.25) is 0 Å². The third kappa shape index (κ3) is 4.14. The van der Waals surface area contributed by atoms with Crippen molar-refractivity contribution in [3.63, 3.8) is 0 Å². The second-order valence-electron chi connectivity index (χ2n) is 6.85. The molecule has 0 aliphatic carbocycles. The van der Waals surface area contributed by atoms with Gasteiger partial charge in [-0.3, -0.25) is 4.79 Å². The number of fused-ring (bicyclic) bond motifs is 1. The fraction of sp³-hybridized carbons (Fsp3) is 0.182. The number of nitrogen functional groups attached to an aromatic ring is 1. The van der Waals surface area contributed by atoms with E-state index >= 15 is 0 Å². The maximum Gasteiger partial charge on any atom is 0.313 e. The smallest absolute Gasteiger partial charge is 0.313 e. The monoisotopic (exact) mass is 407 g/mol. The number of rotatable bonds is 5. The number of hydrogen-bond donors (Lipinski definition) is 3. The molecule has 0 saturated carbocycles. The molecule has 29 heavy (non-hydrogen) atoms. The number of benzene rings is 2. The Kier molecular flexibility index (Phi) is 5.31. The first-order valence-electron chi connectivity index (χ1n) is 9.24. The quantitative estimate of drug-likeness (QED) is 0.425. The highest BCUT2D eigenvalue weighted by molar-refractivity contribution is 7.99. The molecule has 2 atom stereocenters. The maximum atomic E-state index is 10.7. The average molecular weight is 407 g/mol. The van der Waals surface area contributed by atoms with Crippen molar-refractivity contribution in [2.75, 3.05) is 16.8 Å². The summed E-state index contributed by atoms with van der Waals surface area (Å²) in [6.45, 7) is 2.02. The lowest BCUT2D eigenvalue weighted by Crippen LogP contribution is -2.32. The van der Waals surface area contributed by atoms with Crippen LogP contribution >= 0.6 is 11.8 Å². The molecule has 0 amide bonds. The van der Waals surface area contributed by atoms with Crippen LogP contribution < -0.4 is 15.8 Å². The zero-order chi connectivity index (χ0) is 20.4. The summed E-state index contributed by atoms with van der Waals surface area (Å²) in [4.78, 5) is 15.0. The lowest BCUT2D eigenvalue weighted by Gasteiger charge is -2.34. The Morgan fingerprint density at radius 3 is 2.72 bits per heavy atom. The highest BCUT2D eigenvalue weighted by Crippen LogP contribution is 2.40. The van der Waals surface area contributed by atoms with Gasteiger partial charge >= 0.3 is 5.97 Å². The second-order valence-corrected chi connectivity index (χ2v) is 7.85. The van der Waals surface area contributed by atoms with Gasteiger partial charge < -0.3 is 20.9 Å².